The Morgan fingerprint density at radius 2 is 1.96 bits per heavy atom. The molecule has 0 fully saturated rings. The molecule has 0 aromatic carbocycles. The first-order valence-electron chi connectivity index (χ1n) is 7.89. The smallest absolute Gasteiger partial charge is 0.242 e. The lowest BCUT2D eigenvalue weighted by molar-refractivity contribution is -0.138. The molecular weight excluding hydrogens is 298 g/mol. The summed E-state index contributed by atoms with van der Waals surface area (Å²) in [5, 5.41) is 2.54. The molecule has 0 aliphatic rings. The van der Waals surface area contributed by atoms with Crippen LogP contribution in [0.2, 0.25) is 0 Å². The van der Waals surface area contributed by atoms with Gasteiger partial charge in [-0.3, -0.25) is 9.59 Å². The van der Waals surface area contributed by atoms with E-state index in [0.29, 0.717) is 0 Å². The molecule has 0 spiro atoms. The van der Waals surface area contributed by atoms with Gasteiger partial charge in [-0.25, -0.2) is 0 Å². The van der Waals surface area contributed by atoms with E-state index in [4.69, 9.17) is 10.5 Å². The highest BCUT2D eigenvalue weighted by molar-refractivity contribution is 5.89. The van der Waals surface area contributed by atoms with Crippen LogP contribution in [0.3, 0.4) is 0 Å². The van der Waals surface area contributed by atoms with Crippen molar-refractivity contribution in [1.29, 1.82) is 0 Å². The van der Waals surface area contributed by atoms with Gasteiger partial charge in [0.05, 0.1) is 24.2 Å². The van der Waals surface area contributed by atoms with Crippen LogP contribution in [0.5, 0.6) is 0 Å². The Kier molecular flexibility index (Phi) is 9.01. The lowest BCUT2D eigenvalue weighted by Crippen LogP contribution is -2.54. The summed E-state index contributed by atoms with van der Waals surface area (Å²) in [6, 6.07) is -0.245. The lowest BCUT2D eigenvalue weighted by atomic mass is 9.91. The molecule has 0 radical (unpaired) electrons. The molecule has 3 atom stereocenters. The quantitative estimate of drug-likeness (QED) is 0.562. The number of nitrogens with one attached hydrogen (secondary N) is 1. The summed E-state index contributed by atoms with van der Waals surface area (Å²) in [7, 11) is 3.19. The van der Waals surface area contributed by atoms with Crippen LogP contribution in [0.25, 0.3) is 0 Å². The van der Waals surface area contributed by atoms with E-state index < -0.39 is 11.4 Å². The van der Waals surface area contributed by atoms with Gasteiger partial charge < -0.3 is 25.5 Å². The molecule has 0 aliphatic heterocycles. The summed E-state index contributed by atoms with van der Waals surface area (Å²) in [4.78, 5) is 36.6. The van der Waals surface area contributed by atoms with Crippen molar-refractivity contribution in [2.24, 2.45) is 11.7 Å². The predicted molar refractivity (Wildman–Crippen MR) is 88.8 cm³/mol. The zero-order chi connectivity index (χ0) is 18.2. The molecule has 0 aromatic heterocycles. The van der Waals surface area contributed by atoms with Crippen LogP contribution in [-0.2, 0) is 19.1 Å². The van der Waals surface area contributed by atoms with Crippen molar-refractivity contribution in [3.05, 3.63) is 0 Å². The number of ether oxygens (including phenoxy) is 1. The van der Waals surface area contributed by atoms with Crippen molar-refractivity contribution in [3.8, 4) is 0 Å². The number of carbonyl (C=O) groups excluding carboxylic acids is 3. The molecule has 3 unspecified atom stereocenters. The summed E-state index contributed by atoms with van der Waals surface area (Å²) in [6.45, 7) is 7.03. The third kappa shape index (κ3) is 6.66. The van der Waals surface area contributed by atoms with E-state index in [0.717, 1.165) is 12.7 Å². The molecule has 7 heteroatoms. The van der Waals surface area contributed by atoms with Gasteiger partial charge in [-0.15, -0.1) is 0 Å². The zero-order valence-corrected chi connectivity index (χ0v) is 15.1. The number of nitrogens with zero attached hydrogens (tertiary/aromatic N) is 1. The SMILES string of the molecule is CCC(C)C(C(CC=O)OC)N(C)C(=O)CNC(=O)C(C)(C)N. The van der Waals surface area contributed by atoms with Crippen molar-refractivity contribution in [2.75, 3.05) is 20.7 Å². The number of nitrogens with two attached hydrogens (primary N) is 1. The number of aldehydes is 1. The van der Waals surface area contributed by atoms with Crippen molar-refractivity contribution >= 4 is 18.1 Å². The average Bonchev–Trinajstić information content (AvgIpc) is 2.49. The number of carbonyl (C=O) groups is 3. The van der Waals surface area contributed by atoms with Gasteiger partial charge in [-0.2, -0.15) is 0 Å². The molecular formula is C16H31N3O4. The molecule has 0 saturated heterocycles. The second-order valence-electron chi connectivity index (χ2n) is 6.46. The third-order valence-electron chi connectivity index (χ3n) is 4.07. The van der Waals surface area contributed by atoms with Crippen LogP contribution in [-0.4, -0.2) is 61.4 Å². The second-order valence-corrected chi connectivity index (χ2v) is 6.46. The maximum atomic E-state index is 12.4. The fourth-order valence-electron chi connectivity index (χ4n) is 2.38. The van der Waals surface area contributed by atoms with E-state index in [1.165, 1.54) is 7.11 Å². The van der Waals surface area contributed by atoms with E-state index in [1.807, 2.05) is 13.8 Å². The first-order chi connectivity index (χ1) is 10.6. The number of hydrogen-bond acceptors (Lipinski definition) is 5. The Hall–Kier alpha value is -1.47. The predicted octanol–water partition coefficient (Wildman–Crippen LogP) is 0.317. The minimum atomic E-state index is -1.04. The normalized spacial score (nSPS) is 15.4. The molecule has 0 aromatic rings. The molecule has 0 aliphatic carbocycles. The zero-order valence-electron chi connectivity index (χ0n) is 15.1. The third-order valence-corrected chi connectivity index (χ3v) is 4.07. The van der Waals surface area contributed by atoms with E-state index in [1.54, 1.807) is 25.8 Å². The Morgan fingerprint density at radius 3 is 2.35 bits per heavy atom. The van der Waals surface area contributed by atoms with Gasteiger partial charge >= 0.3 is 0 Å². The molecule has 0 bridgehead atoms. The fourth-order valence-corrected chi connectivity index (χ4v) is 2.38. The number of methoxy groups -OCH3 is 1. The van der Waals surface area contributed by atoms with Crippen molar-refractivity contribution < 1.29 is 19.1 Å². The van der Waals surface area contributed by atoms with Crippen molar-refractivity contribution in [1.82, 2.24) is 10.2 Å². The summed E-state index contributed by atoms with van der Waals surface area (Å²) in [5.74, 6) is -0.494. The summed E-state index contributed by atoms with van der Waals surface area (Å²) >= 11 is 0. The summed E-state index contributed by atoms with van der Waals surface area (Å²) < 4.78 is 5.39. The first-order valence-corrected chi connectivity index (χ1v) is 7.89. The number of likely N-dealkylation sites (N-methyl/N-ethyl adjacent to an activating group) is 1. The van der Waals surface area contributed by atoms with E-state index in [9.17, 15) is 14.4 Å². The van der Waals surface area contributed by atoms with Crippen molar-refractivity contribution in [3.63, 3.8) is 0 Å². The Bertz CT molecular complexity index is 407. The summed E-state index contributed by atoms with van der Waals surface area (Å²) in [6.07, 6.45) is 1.47. The van der Waals surface area contributed by atoms with Crippen LogP contribution in [0, 0.1) is 5.92 Å². The maximum absolute atomic E-state index is 12.4. The minimum Gasteiger partial charge on any atom is -0.379 e. The number of rotatable bonds is 10. The van der Waals surface area contributed by atoms with Gasteiger partial charge in [0.25, 0.3) is 0 Å². The highest BCUT2D eigenvalue weighted by atomic mass is 16.5. The molecule has 23 heavy (non-hydrogen) atoms. The lowest BCUT2D eigenvalue weighted by Gasteiger charge is -2.37. The van der Waals surface area contributed by atoms with Crippen LogP contribution >= 0.6 is 0 Å². The average molecular weight is 329 g/mol. The first kappa shape index (κ1) is 21.5. The van der Waals surface area contributed by atoms with Gasteiger partial charge in [0, 0.05) is 20.6 Å². The monoisotopic (exact) mass is 329 g/mol. The van der Waals surface area contributed by atoms with Gasteiger partial charge in [-0.05, 0) is 19.8 Å². The minimum absolute atomic E-state index is 0.138. The van der Waals surface area contributed by atoms with E-state index in [-0.39, 0.29) is 36.9 Å². The topological polar surface area (TPSA) is 102 Å². The molecule has 0 rings (SSSR count). The molecule has 2 amide bonds. The Morgan fingerprint density at radius 1 is 1.39 bits per heavy atom. The van der Waals surface area contributed by atoms with Gasteiger partial charge in [0.15, 0.2) is 0 Å². The molecule has 0 heterocycles. The van der Waals surface area contributed by atoms with Crippen LogP contribution in [0.4, 0.5) is 0 Å². The van der Waals surface area contributed by atoms with Gasteiger partial charge in [-0.1, -0.05) is 20.3 Å². The second kappa shape index (κ2) is 9.62. The van der Waals surface area contributed by atoms with Crippen LogP contribution in [0.15, 0.2) is 0 Å². The molecule has 3 N–H and O–H groups in total. The van der Waals surface area contributed by atoms with Gasteiger partial charge in [0.1, 0.15) is 6.29 Å². The van der Waals surface area contributed by atoms with Crippen LogP contribution in [0.1, 0.15) is 40.5 Å². The summed E-state index contributed by atoms with van der Waals surface area (Å²) in [5.41, 5.74) is 4.64. The Labute approximate surface area is 138 Å². The number of amides is 2. The Balaban J connectivity index is 5.00. The van der Waals surface area contributed by atoms with Gasteiger partial charge in [0.2, 0.25) is 11.8 Å². The van der Waals surface area contributed by atoms with E-state index in [2.05, 4.69) is 5.32 Å². The molecule has 134 valence electrons. The maximum Gasteiger partial charge on any atom is 0.242 e. The van der Waals surface area contributed by atoms with Crippen molar-refractivity contribution in [2.45, 2.75) is 58.2 Å². The highest BCUT2D eigenvalue weighted by Crippen LogP contribution is 2.20. The van der Waals surface area contributed by atoms with E-state index >= 15 is 0 Å². The standard InChI is InChI=1S/C16H31N3O4/c1-7-11(2)14(12(23-6)8-9-20)19(5)13(21)10-18-15(22)16(3,4)17/h9,11-12,14H,7-8,10,17H2,1-6H3,(H,18,22). The number of hydrogen-bond donors (Lipinski definition) is 2. The largest absolute Gasteiger partial charge is 0.379 e. The van der Waals surface area contributed by atoms with Crippen LogP contribution < -0.4 is 11.1 Å². The fraction of sp³-hybridized carbons (Fsp3) is 0.812. The molecule has 7 nitrogen and oxygen atoms in total. The highest BCUT2D eigenvalue weighted by Gasteiger charge is 2.32. The molecule has 0 saturated carbocycles.